The maximum atomic E-state index is 11.6. The number of nitrogens with one attached hydrogen (secondary N) is 1. The molecule has 1 N–H and O–H groups in total. The van der Waals surface area contributed by atoms with Crippen LogP contribution >= 0.6 is 24.0 Å². The molecule has 0 aromatic heterocycles. The molecule has 1 aromatic rings. The quantitative estimate of drug-likeness (QED) is 0.363. The summed E-state index contributed by atoms with van der Waals surface area (Å²) in [5.74, 6) is 1.97. The number of hydrogen-bond acceptors (Lipinski definition) is 3. The van der Waals surface area contributed by atoms with E-state index < -0.39 is 0 Å². The van der Waals surface area contributed by atoms with Crippen molar-refractivity contribution >= 4 is 35.8 Å². The molecule has 0 saturated carbocycles. The van der Waals surface area contributed by atoms with E-state index in [0.717, 1.165) is 51.1 Å². The zero-order valence-corrected chi connectivity index (χ0v) is 21.1. The molecule has 1 amide bonds. The fraction of sp³-hybridized carbons (Fsp3) is 0.652. The number of aliphatic imine (C=N–C) groups is 1. The lowest BCUT2D eigenvalue weighted by Gasteiger charge is -2.36. The standard InChI is InChI=1S/C23H37N5O.HI/c1-4-24-23(28-15-13-27(14-16-28)20(3)29)25-17-21-7-5-6-8-22(21)18-26-11-9-19(2)10-12-26;/h5-8,19H,4,9-18H2,1-3H3,(H,24,25);1H. The van der Waals surface area contributed by atoms with E-state index in [1.807, 2.05) is 4.90 Å². The van der Waals surface area contributed by atoms with Gasteiger partial charge < -0.3 is 15.1 Å². The van der Waals surface area contributed by atoms with E-state index in [0.29, 0.717) is 6.54 Å². The third-order valence-electron chi connectivity index (χ3n) is 6.15. The minimum Gasteiger partial charge on any atom is -0.357 e. The average molecular weight is 527 g/mol. The Morgan fingerprint density at radius 1 is 1.03 bits per heavy atom. The highest BCUT2D eigenvalue weighted by Gasteiger charge is 2.21. The van der Waals surface area contributed by atoms with Crippen molar-refractivity contribution in [2.24, 2.45) is 10.9 Å². The first-order valence-electron chi connectivity index (χ1n) is 11.1. The summed E-state index contributed by atoms with van der Waals surface area (Å²) in [7, 11) is 0. The highest BCUT2D eigenvalue weighted by Crippen LogP contribution is 2.20. The number of halogens is 1. The monoisotopic (exact) mass is 527 g/mol. The van der Waals surface area contributed by atoms with Crippen LogP contribution in [0.5, 0.6) is 0 Å². The number of rotatable bonds is 5. The summed E-state index contributed by atoms with van der Waals surface area (Å²) in [5, 5.41) is 3.43. The molecule has 1 aromatic carbocycles. The summed E-state index contributed by atoms with van der Waals surface area (Å²) < 4.78 is 0. The maximum absolute atomic E-state index is 11.6. The van der Waals surface area contributed by atoms with Crippen LogP contribution in [0.2, 0.25) is 0 Å². The lowest BCUT2D eigenvalue weighted by atomic mass is 9.98. The molecular weight excluding hydrogens is 489 g/mol. The smallest absolute Gasteiger partial charge is 0.219 e. The van der Waals surface area contributed by atoms with E-state index in [4.69, 9.17) is 4.99 Å². The fourth-order valence-corrected chi connectivity index (χ4v) is 4.15. The number of hydrogen-bond donors (Lipinski definition) is 1. The largest absolute Gasteiger partial charge is 0.357 e. The molecular formula is C23H38IN5O. The molecule has 3 rings (SSSR count). The zero-order valence-electron chi connectivity index (χ0n) is 18.8. The van der Waals surface area contributed by atoms with Crippen LogP contribution in [-0.2, 0) is 17.9 Å². The topological polar surface area (TPSA) is 51.2 Å². The molecule has 0 aliphatic carbocycles. The fourth-order valence-electron chi connectivity index (χ4n) is 4.15. The van der Waals surface area contributed by atoms with Crippen LogP contribution < -0.4 is 5.32 Å². The number of piperidine rings is 1. The number of nitrogens with zero attached hydrogens (tertiary/aromatic N) is 4. The van der Waals surface area contributed by atoms with Crippen molar-refractivity contribution in [2.45, 2.75) is 46.7 Å². The molecule has 168 valence electrons. The molecule has 0 bridgehead atoms. The summed E-state index contributed by atoms with van der Waals surface area (Å²) in [5.41, 5.74) is 2.70. The van der Waals surface area contributed by atoms with Crippen LogP contribution in [0.15, 0.2) is 29.3 Å². The Kier molecular flexibility index (Phi) is 10.4. The van der Waals surface area contributed by atoms with Gasteiger partial charge in [0.1, 0.15) is 0 Å². The van der Waals surface area contributed by atoms with E-state index in [1.54, 1.807) is 6.92 Å². The minimum atomic E-state index is 0. The van der Waals surface area contributed by atoms with E-state index in [2.05, 4.69) is 53.2 Å². The van der Waals surface area contributed by atoms with Gasteiger partial charge in [-0.05, 0) is 49.9 Å². The van der Waals surface area contributed by atoms with Gasteiger partial charge in [0.25, 0.3) is 0 Å². The van der Waals surface area contributed by atoms with Crippen LogP contribution in [0.1, 0.15) is 44.7 Å². The number of benzene rings is 1. The maximum Gasteiger partial charge on any atom is 0.219 e. The highest BCUT2D eigenvalue weighted by atomic mass is 127. The van der Waals surface area contributed by atoms with Crippen LogP contribution in [0, 0.1) is 5.92 Å². The van der Waals surface area contributed by atoms with Gasteiger partial charge in [0, 0.05) is 46.2 Å². The third-order valence-corrected chi connectivity index (χ3v) is 6.15. The first-order valence-corrected chi connectivity index (χ1v) is 11.1. The average Bonchev–Trinajstić information content (AvgIpc) is 2.74. The van der Waals surface area contributed by atoms with Crippen molar-refractivity contribution in [1.82, 2.24) is 20.0 Å². The van der Waals surface area contributed by atoms with Crippen LogP contribution in [0.3, 0.4) is 0 Å². The molecule has 0 spiro atoms. The zero-order chi connectivity index (χ0) is 20.6. The van der Waals surface area contributed by atoms with E-state index in [9.17, 15) is 4.79 Å². The molecule has 30 heavy (non-hydrogen) atoms. The lowest BCUT2D eigenvalue weighted by Crippen LogP contribution is -2.53. The van der Waals surface area contributed by atoms with Gasteiger partial charge in [-0.1, -0.05) is 31.2 Å². The number of carbonyl (C=O) groups excluding carboxylic acids is 1. The molecule has 2 aliphatic heterocycles. The first-order chi connectivity index (χ1) is 14.1. The van der Waals surface area contributed by atoms with Gasteiger partial charge in [0.05, 0.1) is 6.54 Å². The lowest BCUT2D eigenvalue weighted by molar-refractivity contribution is -0.130. The summed E-state index contributed by atoms with van der Waals surface area (Å²) in [6.45, 7) is 14.3. The number of amides is 1. The van der Waals surface area contributed by atoms with Gasteiger partial charge in [0.2, 0.25) is 5.91 Å². The second-order valence-electron chi connectivity index (χ2n) is 8.39. The van der Waals surface area contributed by atoms with Crippen LogP contribution in [0.4, 0.5) is 0 Å². The number of piperazine rings is 1. The minimum absolute atomic E-state index is 0. The Morgan fingerprint density at radius 2 is 1.63 bits per heavy atom. The Bertz CT molecular complexity index is 695. The summed E-state index contributed by atoms with van der Waals surface area (Å²) in [4.78, 5) is 23.3. The molecule has 0 unspecified atom stereocenters. The SMILES string of the molecule is CCNC(=NCc1ccccc1CN1CCC(C)CC1)N1CCN(C(C)=O)CC1.I. The second-order valence-corrected chi connectivity index (χ2v) is 8.39. The van der Waals surface area contributed by atoms with Crippen LogP contribution in [0.25, 0.3) is 0 Å². The Balaban J connectivity index is 0.00000320. The normalized spacial score (nSPS) is 18.8. The van der Waals surface area contributed by atoms with Gasteiger partial charge in [-0.15, -0.1) is 24.0 Å². The van der Waals surface area contributed by atoms with E-state index in [-0.39, 0.29) is 29.9 Å². The number of likely N-dealkylation sites (tertiary alicyclic amines) is 1. The van der Waals surface area contributed by atoms with Crippen LogP contribution in [-0.4, -0.2) is 72.4 Å². The van der Waals surface area contributed by atoms with Gasteiger partial charge in [-0.2, -0.15) is 0 Å². The Labute approximate surface area is 199 Å². The predicted molar refractivity (Wildman–Crippen MR) is 134 cm³/mol. The number of carbonyl (C=O) groups is 1. The first kappa shape index (κ1) is 24.9. The van der Waals surface area contributed by atoms with Gasteiger partial charge in [-0.25, -0.2) is 4.99 Å². The second kappa shape index (κ2) is 12.5. The summed E-state index contributed by atoms with van der Waals surface area (Å²) >= 11 is 0. The van der Waals surface area contributed by atoms with E-state index >= 15 is 0 Å². The van der Waals surface area contributed by atoms with Crippen molar-refractivity contribution in [3.05, 3.63) is 35.4 Å². The Hall–Kier alpha value is -1.35. The highest BCUT2D eigenvalue weighted by molar-refractivity contribution is 14.0. The third kappa shape index (κ3) is 7.11. The van der Waals surface area contributed by atoms with Crippen molar-refractivity contribution < 1.29 is 4.79 Å². The number of guanidine groups is 1. The van der Waals surface area contributed by atoms with Gasteiger partial charge in [0.15, 0.2) is 5.96 Å². The summed E-state index contributed by atoms with van der Waals surface area (Å²) in [6, 6.07) is 8.72. The van der Waals surface area contributed by atoms with Crippen molar-refractivity contribution in [1.29, 1.82) is 0 Å². The molecule has 2 aliphatic rings. The van der Waals surface area contributed by atoms with E-state index in [1.165, 1.54) is 37.1 Å². The van der Waals surface area contributed by atoms with Crippen molar-refractivity contribution in [3.8, 4) is 0 Å². The molecule has 6 nitrogen and oxygen atoms in total. The summed E-state index contributed by atoms with van der Waals surface area (Å²) in [6.07, 6.45) is 2.61. The molecule has 2 saturated heterocycles. The van der Waals surface area contributed by atoms with Crippen molar-refractivity contribution in [3.63, 3.8) is 0 Å². The molecule has 2 fully saturated rings. The van der Waals surface area contributed by atoms with Gasteiger partial charge >= 0.3 is 0 Å². The molecule has 7 heteroatoms. The molecule has 0 radical (unpaired) electrons. The predicted octanol–water partition coefficient (Wildman–Crippen LogP) is 3.17. The van der Waals surface area contributed by atoms with Crippen molar-refractivity contribution in [2.75, 3.05) is 45.8 Å². The molecule has 0 atom stereocenters. The molecule has 2 heterocycles. The van der Waals surface area contributed by atoms with Gasteiger partial charge in [-0.3, -0.25) is 9.69 Å². The Morgan fingerprint density at radius 3 is 2.23 bits per heavy atom.